The van der Waals surface area contributed by atoms with E-state index in [0.717, 1.165) is 3.67 Å². The van der Waals surface area contributed by atoms with E-state index >= 15 is 0 Å². The maximum absolute atomic E-state index is 2.55. The van der Waals surface area contributed by atoms with E-state index in [4.69, 9.17) is 0 Å². The third kappa shape index (κ3) is 2.04. The number of fused-ring (bicyclic) bond motifs is 2. The van der Waals surface area contributed by atoms with Crippen LogP contribution in [-0.2, 0) is 35.2 Å². The fourth-order valence-electron chi connectivity index (χ4n) is 3.66. The summed E-state index contributed by atoms with van der Waals surface area (Å²) in [7, 11) is 0. The van der Waals surface area contributed by atoms with Gasteiger partial charge in [0.25, 0.3) is 0 Å². The summed E-state index contributed by atoms with van der Waals surface area (Å²) in [5, 5.41) is 0. The van der Waals surface area contributed by atoms with Crippen molar-refractivity contribution >= 4 is 5.57 Å². The average Bonchev–Trinajstić information content (AvgIpc) is 2.60. The quantitative estimate of drug-likeness (QED) is 0.519. The summed E-state index contributed by atoms with van der Waals surface area (Å²) in [4.78, 5) is 0. The monoisotopic (exact) mass is 419 g/mol. The molecule has 0 heterocycles. The Kier molecular flexibility index (Phi) is 3.02. The molecule has 0 bridgehead atoms. The molecule has 2 aliphatic rings. The van der Waals surface area contributed by atoms with E-state index in [1.54, 1.807) is 16.7 Å². The molecule has 0 aliphatic heterocycles. The van der Waals surface area contributed by atoms with Crippen molar-refractivity contribution in [2.45, 2.75) is 62.0 Å². The summed E-state index contributed by atoms with van der Waals surface area (Å²) in [6.07, 6.45) is 5.09. The summed E-state index contributed by atoms with van der Waals surface area (Å²) in [6, 6.07) is 5.07. The molecule has 0 spiro atoms. The Hall–Kier alpha value is -0.170. The Bertz CT molecular complexity index is 576. The van der Waals surface area contributed by atoms with Gasteiger partial charge in [0, 0.05) is 0 Å². The van der Waals surface area contributed by atoms with Crippen molar-refractivity contribution in [3.63, 3.8) is 0 Å². The first-order valence-corrected chi connectivity index (χ1v) is 9.39. The Morgan fingerprint density at radius 3 is 2.11 bits per heavy atom. The van der Waals surface area contributed by atoms with Gasteiger partial charge in [0.15, 0.2) is 0 Å². The predicted molar refractivity (Wildman–Crippen MR) is 78.1 cm³/mol. The van der Waals surface area contributed by atoms with Gasteiger partial charge in [0.2, 0.25) is 0 Å². The molecule has 2 aliphatic carbocycles. The molecule has 99 valence electrons. The zero-order chi connectivity index (χ0) is 14.0. The van der Waals surface area contributed by atoms with Crippen LogP contribution in [0.2, 0.25) is 0 Å². The number of benzene rings is 1. The summed E-state index contributed by atoms with van der Waals surface area (Å²) < 4.78 is 0.723. The van der Waals surface area contributed by atoms with Gasteiger partial charge in [-0.2, -0.15) is 0 Å². The van der Waals surface area contributed by atoms with Gasteiger partial charge >= 0.3 is 132 Å². The molecule has 1 aromatic rings. The van der Waals surface area contributed by atoms with Gasteiger partial charge in [-0.15, -0.1) is 0 Å². The van der Waals surface area contributed by atoms with Crippen LogP contribution < -0.4 is 0 Å². The van der Waals surface area contributed by atoms with Gasteiger partial charge in [0.05, 0.1) is 0 Å². The zero-order valence-corrected chi connectivity index (χ0v) is 16.3. The summed E-state index contributed by atoms with van der Waals surface area (Å²) >= 11 is 1.23. The van der Waals surface area contributed by atoms with E-state index in [1.807, 2.05) is 0 Å². The van der Waals surface area contributed by atoms with Gasteiger partial charge in [-0.1, -0.05) is 0 Å². The van der Waals surface area contributed by atoms with E-state index in [9.17, 15) is 0 Å². The SMILES string of the molecule is CC1=C[CH]([Hf])c2cc3c(cc21)C(C)(C)CCC3(C)C. The molecule has 1 aromatic carbocycles. The number of rotatable bonds is 0. The van der Waals surface area contributed by atoms with Gasteiger partial charge in [-0.3, -0.25) is 0 Å². The molecule has 3 rings (SSSR count). The van der Waals surface area contributed by atoms with Crippen molar-refractivity contribution in [3.8, 4) is 0 Å². The third-order valence-electron chi connectivity index (χ3n) is 5.20. The predicted octanol–water partition coefficient (Wildman–Crippen LogP) is 5.04. The van der Waals surface area contributed by atoms with Crippen LogP contribution >= 0.6 is 0 Å². The second kappa shape index (κ2) is 4.16. The molecule has 19 heavy (non-hydrogen) atoms. The van der Waals surface area contributed by atoms with Crippen molar-refractivity contribution in [2.75, 3.05) is 0 Å². The van der Waals surface area contributed by atoms with Crippen LogP contribution in [0.4, 0.5) is 0 Å². The first-order valence-electron chi connectivity index (χ1n) is 7.31. The van der Waals surface area contributed by atoms with E-state index < -0.39 is 0 Å². The van der Waals surface area contributed by atoms with Crippen LogP contribution in [0.15, 0.2) is 18.2 Å². The number of hydrogen-bond donors (Lipinski definition) is 0. The molecule has 0 aromatic heterocycles. The van der Waals surface area contributed by atoms with Crippen molar-refractivity contribution < 1.29 is 24.4 Å². The number of hydrogen-bond acceptors (Lipinski definition) is 0. The molecular weight excluding hydrogens is 395 g/mol. The average molecular weight is 418 g/mol. The van der Waals surface area contributed by atoms with E-state index in [-0.39, 0.29) is 0 Å². The first kappa shape index (κ1) is 13.8. The van der Waals surface area contributed by atoms with Crippen LogP contribution in [0.25, 0.3) is 5.57 Å². The Labute approximate surface area is 132 Å². The molecule has 0 radical (unpaired) electrons. The van der Waals surface area contributed by atoms with Crippen LogP contribution in [0.1, 0.15) is 73.4 Å². The van der Waals surface area contributed by atoms with E-state index in [1.165, 1.54) is 48.4 Å². The molecule has 1 heteroatoms. The Morgan fingerprint density at radius 2 is 1.53 bits per heavy atom. The molecule has 0 saturated heterocycles. The second-order valence-corrected chi connectivity index (χ2v) is 9.81. The molecule has 0 N–H and O–H groups in total. The first-order chi connectivity index (χ1) is 8.72. The van der Waals surface area contributed by atoms with Crippen LogP contribution in [-0.4, -0.2) is 0 Å². The van der Waals surface area contributed by atoms with E-state index in [2.05, 4.69) is 52.8 Å². The van der Waals surface area contributed by atoms with Crippen LogP contribution in [0.3, 0.4) is 0 Å². The third-order valence-corrected chi connectivity index (χ3v) is 6.92. The standard InChI is InChI=1S/C18H23.Hf/c1-12-6-7-13-10-15-16(11-14(12)13)18(4,5)9-8-17(15,2)3;/h6-7,10-11H,8-9H2,1-5H3;. The summed E-state index contributed by atoms with van der Waals surface area (Å²) in [5.74, 6) is 0. The Balaban J connectivity index is 2.28. The molecule has 0 nitrogen and oxygen atoms in total. The number of allylic oxidation sites excluding steroid dienone is 2. The van der Waals surface area contributed by atoms with Gasteiger partial charge < -0.3 is 0 Å². The maximum atomic E-state index is 2.55. The van der Waals surface area contributed by atoms with Crippen molar-refractivity contribution in [3.05, 3.63) is 40.5 Å². The van der Waals surface area contributed by atoms with E-state index in [0.29, 0.717) is 10.8 Å². The van der Waals surface area contributed by atoms with Gasteiger partial charge in [-0.25, -0.2) is 0 Å². The fourth-order valence-corrected chi connectivity index (χ4v) is 5.42. The molecule has 1 unspecified atom stereocenters. The van der Waals surface area contributed by atoms with Crippen molar-refractivity contribution in [2.24, 2.45) is 0 Å². The Morgan fingerprint density at radius 1 is 1.00 bits per heavy atom. The van der Waals surface area contributed by atoms with Gasteiger partial charge in [0.1, 0.15) is 0 Å². The second-order valence-electron chi connectivity index (χ2n) is 7.58. The summed E-state index contributed by atoms with van der Waals surface area (Å²) in [5.41, 5.74) is 8.54. The summed E-state index contributed by atoms with van der Waals surface area (Å²) in [6.45, 7) is 12.0. The molecule has 0 fully saturated rings. The zero-order valence-electron chi connectivity index (χ0n) is 12.7. The minimum atomic E-state index is 0.337. The molecular formula is C18H23Hf. The van der Waals surface area contributed by atoms with Crippen LogP contribution in [0, 0.1) is 0 Å². The normalized spacial score (nSPS) is 26.5. The fraction of sp³-hybridized carbons (Fsp3) is 0.556. The van der Waals surface area contributed by atoms with Gasteiger partial charge in [-0.05, 0) is 0 Å². The molecule has 0 amide bonds. The van der Waals surface area contributed by atoms with Crippen molar-refractivity contribution in [1.82, 2.24) is 0 Å². The molecule has 1 atom stereocenters. The van der Waals surface area contributed by atoms with Crippen LogP contribution in [0.5, 0.6) is 0 Å². The molecule has 0 saturated carbocycles. The van der Waals surface area contributed by atoms with Crippen molar-refractivity contribution in [1.29, 1.82) is 0 Å². The topological polar surface area (TPSA) is 0 Å². The minimum absolute atomic E-state index is 0.337.